The average molecular weight is 658 g/mol. The summed E-state index contributed by atoms with van der Waals surface area (Å²) in [7, 11) is -1.89. The van der Waals surface area contributed by atoms with Crippen LogP contribution in [-0.2, 0) is 32.5 Å². The van der Waals surface area contributed by atoms with Gasteiger partial charge in [-0.2, -0.15) is 4.31 Å². The maximum Gasteiger partial charge on any atom is 0.283 e. The molecule has 2 aromatic heterocycles. The van der Waals surface area contributed by atoms with Gasteiger partial charge in [-0.25, -0.2) is 13.4 Å². The lowest BCUT2D eigenvalue weighted by Gasteiger charge is -2.40. The number of amides is 2. The molecule has 6 rings (SSSR count). The minimum Gasteiger partial charge on any atom is -0.376 e. The lowest BCUT2D eigenvalue weighted by molar-refractivity contribution is -0.122. The number of aromatic nitrogens is 2. The maximum absolute atomic E-state index is 13.8. The van der Waals surface area contributed by atoms with E-state index in [4.69, 9.17) is 16.3 Å². The van der Waals surface area contributed by atoms with Crippen molar-refractivity contribution in [3.8, 4) is 0 Å². The van der Waals surface area contributed by atoms with Crippen molar-refractivity contribution in [3.05, 3.63) is 44.9 Å². The van der Waals surface area contributed by atoms with Crippen LogP contribution in [0, 0.1) is 0 Å². The summed E-state index contributed by atoms with van der Waals surface area (Å²) < 4.78 is 34.4. The number of carbonyl (C=O) groups excluding carboxylic acids is 2. The molecule has 1 aromatic carbocycles. The number of sulfonamides is 1. The summed E-state index contributed by atoms with van der Waals surface area (Å²) in [4.78, 5) is 39.3. The number of thiazole rings is 1. The first kappa shape index (κ1) is 31.2. The molecule has 2 saturated heterocycles. The van der Waals surface area contributed by atoms with Crippen molar-refractivity contribution < 1.29 is 22.7 Å². The number of fused-ring (bicyclic) bond motifs is 2. The zero-order valence-electron chi connectivity index (χ0n) is 23.2. The molecule has 5 heterocycles. The van der Waals surface area contributed by atoms with E-state index < -0.39 is 16.1 Å². The SMILES string of the molecule is CN1CCc2nc(C(=O)N3CCN(S(=O)(=O)c4cc5cc(Cl)ccc5[nH]4)CC3CC(=O)NCC3CCCO3)sc2C1.Cl. The van der Waals surface area contributed by atoms with E-state index in [2.05, 4.69) is 20.2 Å². The second-order valence-electron chi connectivity index (χ2n) is 10.9. The summed E-state index contributed by atoms with van der Waals surface area (Å²) in [5, 5.41) is 4.55. The van der Waals surface area contributed by atoms with Crippen LogP contribution in [0.3, 0.4) is 0 Å². The van der Waals surface area contributed by atoms with Crippen LogP contribution in [0.1, 0.15) is 39.6 Å². The smallest absolute Gasteiger partial charge is 0.283 e. The number of nitrogens with one attached hydrogen (secondary N) is 2. The third-order valence-corrected chi connectivity index (χ3v) is 11.1. The number of likely N-dealkylation sites (N-methyl/N-ethyl adjacent to an activating group) is 1. The van der Waals surface area contributed by atoms with Gasteiger partial charge in [0.05, 0.1) is 17.8 Å². The van der Waals surface area contributed by atoms with Crippen molar-refractivity contribution >= 4 is 68.1 Å². The first-order valence-electron chi connectivity index (χ1n) is 13.8. The molecule has 2 amide bonds. The lowest BCUT2D eigenvalue weighted by atomic mass is 10.1. The van der Waals surface area contributed by atoms with E-state index >= 15 is 0 Å². The third kappa shape index (κ3) is 6.47. The molecule has 0 saturated carbocycles. The van der Waals surface area contributed by atoms with Gasteiger partial charge in [-0.3, -0.25) is 9.59 Å². The zero-order chi connectivity index (χ0) is 28.7. The van der Waals surface area contributed by atoms with Gasteiger partial charge in [0.15, 0.2) is 5.01 Å². The fourth-order valence-corrected chi connectivity index (χ4v) is 8.51. The van der Waals surface area contributed by atoms with Gasteiger partial charge in [0.25, 0.3) is 15.9 Å². The van der Waals surface area contributed by atoms with Crippen LogP contribution in [0.4, 0.5) is 0 Å². The van der Waals surface area contributed by atoms with E-state index in [9.17, 15) is 18.0 Å². The molecule has 15 heteroatoms. The molecule has 2 fully saturated rings. The van der Waals surface area contributed by atoms with Crippen molar-refractivity contribution in [1.82, 2.24) is 29.4 Å². The number of aromatic amines is 1. The minimum absolute atomic E-state index is 0. The van der Waals surface area contributed by atoms with Gasteiger partial charge in [-0.1, -0.05) is 11.6 Å². The van der Waals surface area contributed by atoms with Gasteiger partial charge in [0.2, 0.25) is 5.91 Å². The van der Waals surface area contributed by atoms with Crippen LogP contribution >= 0.6 is 35.3 Å². The van der Waals surface area contributed by atoms with Crippen LogP contribution in [0.2, 0.25) is 5.02 Å². The molecule has 42 heavy (non-hydrogen) atoms. The second-order valence-corrected chi connectivity index (χ2v) is 14.3. The number of H-pyrrole nitrogens is 1. The Labute approximate surface area is 260 Å². The van der Waals surface area contributed by atoms with Gasteiger partial charge in [0, 0.05) is 79.5 Å². The Kier molecular flexibility index (Phi) is 9.48. The number of piperazine rings is 1. The van der Waals surface area contributed by atoms with E-state index in [0.29, 0.717) is 34.1 Å². The lowest BCUT2D eigenvalue weighted by Crippen LogP contribution is -2.57. The molecule has 0 radical (unpaired) electrons. The second kappa shape index (κ2) is 12.8. The Hall–Kier alpha value is -2.26. The Morgan fingerprint density at radius 2 is 2.07 bits per heavy atom. The molecule has 3 aliphatic rings. The van der Waals surface area contributed by atoms with E-state index in [1.54, 1.807) is 29.2 Å². The molecular weight excluding hydrogens is 623 g/mol. The zero-order valence-corrected chi connectivity index (χ0v) is 26.4. The standard InChI is InChI=1S/C27H33ClN6O5S2.ClH/c1-32-7-6-22-23(16-32)40-26(31-22)27(36)34-9-8-33(15-19(34)13-24(35)29-14-20-3-2-10-39-20)41(37,38)25-12-17-11-18(28)4-5-21(17)30-25;/h4-5,11-12,19-20,30H,2-3,6-10,13-16H2,1H3,(H,29,35);1H. The maximum atomic E-state index is 13.8. The molecule has 11 nitrogen and oxygen atoms in total. The topological polar surface area (TPSA) is 128 Å². The molecule has 0 aliphatic carbocycles. The van der Waals surface area contributed by atoms with Gasteiger partial charge < -0.3 is 24.8 Å². The van der Waals surface area contributed by atoms with Crippen molar-refractivity contribution in [2.45, 2.75) is 49.4 Å². The third-order valence-electron chi connectivity index (χ3n) is 7.96. The van der Waals surface area contributed by atoms with Crippen molar-refractivity contribution in [2.75, 3.05) is 46.4 Å². The number of rotatable bonds is 7. The highest BCUT2D eigenvalue weighted by Crippen LogP contribution is 2.29. The molecule has 0 spiro atoms. The largest absolute Gasteiger partial charge is 0.376 e. The fourth-order valence-electron chi connectivity index (χ4n) is 5.70. The normalized spacial score (nSPS) is 21.7. The number of hydrogen-bond acceptors (Lipinski definition) is 8. The van der Waals surface area contributed by atoms with Crippen LogP contribution in [-0.4, -0.2) is 103 Å². The summed E-state index contributed by atoms with van der Waals surface area (Å²) in [5.74, 6) is -0.510. The number of carbonyl (C=O) groups is 2. The van der Waals surface area contributed by atoms with E-state index in [0.717, 1.165) is 42.9 Å². The summed E-state index contributed by atoms with van der Waals surface area (Å²) in [6.07, 6.45) is 2.59. The van der Waals surface area contributed by atoms with Crippen LogP contribution in [0.5, 0.6) is 0 Å². The van der Waals surface area contributed by atoms with Crippen molar-refractivity contribution in [1.29, 1.82) is 0 Å². The predicted octanol–water partition coefficient (Wildman–Crippen LogP) is 2.89. The molecule has 228 valence electrons. The monoisotopic (exact) mass is 656 g/mol. The Balaban J connectivity index is 0.00000353. The minimum atomic E-state index is -3.93. The first-order valence-corrected chi connectivity index (χ1v) is 16.5. The number of ether oxygens (including phenoxy) is 1. The predicted molar refractivity (Wildman–Crippen MR) is 163 cm³/mol. The van der Waals surface area contributed by atoms with E-state index in [1.165, 1.54) is 15.6 Å². The highest BCUT2D eigenvalue weighted by Gasteiger charge is 2.39. The number of hydrogen-bond donors (Lipinski definition) is 2. The Morgan fingerprint density at radius 1 is 1.24 bits per heavy atom. The summed E-state index contributed by atoms with van der Waals surface area (Å²) in [6.45, 7) is 2.96. The molecular formula is C27H34Cl2N6O5S2. The van der Waals surface area contributed by atoms with Crippen LogP contribution in [0.15, 0.2) is 29.3 Å². The van der Waals surface area contributed by atoms with Gasteiger partial charge in [0.1, 0.15) is 5.03 Å². The Morgan fingerprint density at radius 3 is 2.86 bits per heavy atom. The average Bonchev–Trinajstić information content (AvgIpc) is 3.71. The highest BCUT2D eigenvalue weighted by molar-refractivity contribution is 7.89. The number of nitrogens with zero attached hydrogens (tertiary/aromatic N) is 4. The van der Waals surface area contributed by atoms with Gasteiger partial charge >= 0.3 is 0 Å². The van der Waals surface area contributed by atoms with Gasteiger partial charge in [-0.15, -0.1) is 23.7 Å². The van der Waals surface area contributed by atoms with Gasteiger partial charge in [-0.05, 0) is 44.2 Å². The first-order chi connectivity index (χ1) is 19.7. The Bertz CT molecular complexity index is 1570. The molecule has 2 N–H and O–H groups in total. The number of halogens is 2. The molecule has 3 aromatic rings. The molecule has 2 atom stereocenters. The highest BCUT2D eigenvalue weighted by atomic mass is 35.5. The fraction of sp³-hybridized carbons (Fsp3) is 0.519. The van der Waals surface area contributed by atoms with Crippen molar-refractivity contribution in [3.63, 3.8) is 0 Å². The molecule has 0 bridgehead atoms. The van der Waals surface area contributed by atoms with E-state index in [-0.39, 0.29) is 61.4 Å². The summed E-state index contributed by atoms with van der Waals surface area (Å²) in [6, 6.07) is 6.04. The summed E-state index contributed by atoms with van der Waals surface area (Å²) >= 11 is 7.49. The van der Waals surface area contributed by atoms with Crippen LogP contribution in [0.25, 0.3) is 10.9 Å². The quantitative estimate of drug-likeness (QED) is 0.400. The molecule has 2 unspecified atom stereocenters. The van der Waals surface area contributed by atoms with Crippen molar-refractivity contribution in [2.24, 2.45) is 0 Å². The van der Waals surface area contributed by atoms with Crippen LogP contribution < -0.4 is 5.32 Å². The van der Waals surface area contributed by atoms with E-state index in [1.807, 2.05) is 7.05 Å². The molecule has 3 aliphatic heterocycles. The number of benzene rings is 1. The summed E-state index contributed by atoms with van der Waals surface area (Å²) in [5.41, 5.74) is 1.60.